The van der Waals surface area contributed by atoms with Gasteiger partial charge in [-0.3, -0.25) is 28.8 Å². The molecule has 0 spiro atoms. The van der Waals surface area contributed by atoms with E-state index in [-0.39, 0.29) is 60.3 Å². The Balaban J connectivity index is 0.000000203. The molecule has 12 rings (SSSR count). The van der Waals surface area contributed by atoms with Crippen LogP contribution < -0.4 is 5.63 Å². The molecule has 3 N–H and O–H groups in total. The third kappa shape index (κ3) is 24.2. The number of carbonyl (C=O) groups is 9. The summed E-state index contributed by atoms with van der Waals surface area (Å²) in [5.41, 5.74) is 7.32. The minimum Gasteiger partial charge on any atom is -0.481 e. The van der Waals surface area contributed by atoms with Crippen LogP contribution in [0.2, 0.25) is 8.67 Å². The number of benzene rings is 3. The zero-order valence-electron chi connectivity index (χ0n) is 54.1. The number of carboxylic acids is 3. The van der Waals surface area contributed by atoms with Crippen LogP contribution in [-0.2, 0) is 63.8 Å². The number of ketones is 2. The number of esters is 4. The largest absolute Gasteiger partial charge is 0.481 e. The highest BCUT2D eigenvalue weighted by molar-refractivity contribution is 7.23. The van der Waals surface area contributed by atoms with Crippen molar-refractivity contribution in [3.05, 3.63) is 224 Å². The Morgan fingerprint density at radius 1 is 0.439 bits per heavy atom. The third-order valence-electron chi connectivity index (χ3n) is 13.4. The molecule has 3 aromatic carbocycles. The lowest BCUT2D eigenvalue weighted by molar-refractivity contribution is -0.140. The number of hydrogen-bond donors (Lipinski definition) is 3. The van der Waals surface area contributed by atoms with Crippen LogP contribution in [0.1, 0.15) is 109 Å². The number of carboxylic acid groups (broad SMARTS) is 3. The van der Waals surface area contributed by atoms with Crippen molar-refractivity contribution in [1.82, 2.24) is 0 Å². The fraction of sp³-hybridized carbons (Fsp3) is 0.200. The summed E-state index contributed by atoms with van der Waals surface area (Å²) in [5, 5.41) is 45.0. The van der Waals surface area contributed by atoms with Gasteiger partial charge < -0.3 is 38.7 Å². The van der Waals surface area contributed by atoms with Crippen molar-refractivity contribution < 1.29 is 81.8 Å². The number of halogens is 2. The standard InChI is InChI=1S/C11H9ClO2S.C11H10O2S.C10H7ClO2S.C9H10O3S.C8H8O3S.C8H6O2S.C7H8O2S.C6H6O2S/c1-6-8(11(13)14-2)4-3-7-5-9(12)15-10(6)7;1-7-9(11(12)13-2)4-3-8-5-6-14-10(7)8;1-5-7(10(12)13)3-2-6-4-8(11)14-9(5)6;1-6(10)9-7(3-4-13-9)5-8(11)12-2;1-5(9)8-6(2-3-12-8)4-7(10)11;1-5-8-6(2-3-11-8)4-7(9)10-5;1-9-7(8)4-6-2-3-10-5-6;7-6(8)3-5-1-2-9-4-5/h3-5H,1-2H3;3-6H,1-2H3;2-4H,1H3,(H,12,13);3-4H,5H2,1-2H3;2-3H,4H2,1H3,(H,10,11);2-4H,1H3;2-3,5H,4H2,1H3;1-2,4H,3H2,(H,7,8). The van der Waals surface area contributed by atoms with Gasteiger partial charge in [-0.25, -0.2) is 19.2 Å². The van der Waals surface area contributed by atoms with Gasteiger partial charge in [0, 0.05) is 25.6 Å². The lowest BCUT2D eigenvalue weighted by Gasteiger charge is -2.03. The fourth-order valence-electron chi connectivity index (χ4n) is 8.72. The van der Waals surface area contributed by atoms with E-state index in [1.165, 1.54) is 110 Å². The molecule has 0 saturated carbocycles. The minimum atomic E-state index is -0.907. The van der Waals surface area contributed by atoms with Gasteiger partial charge in [-0.05, 0) is 206 Å². The van der Waals surface area contributed by atoms with Crippen molar-refractivity contribution >= 4 is 208 Å². The van der Waals surface area contributed by atoms with Crippen LogP contribution in [0.15, 0.2) is 143 Å². The van der Waals surface area contributed by atoms with Crippen LogP contribution in [0, 0.1) is 27.7 Å². The maximum Gasteiger partial charge on any atom is 0.338 e. The molecule has 0 saturated heterocycles. The molecule has 0 aliphatic heterocycles. The van der Waals surface area contributed by atoms with E-state index in [4.69, 9.17) is 52.4 Å². The number of carbonyl (C=O) groups excluding carboxylic acids is 6. The number of aliphatic carboxylic acids is 2. The third-order valence-corrected chi connectivity index (χ3v) is 21.9. The molecule has 0 fully saturated rings. The van der Waals surface area contributed by atoms with E-state index in [0.29, 0.717) is 48.5 Å². The van der Waals surface area contributed by atoms with Crippen molar-refractivity contribution in [3.8, 4) is 0 Å². The molecule has 0 unspecified atom stereocenters. The SMILES string of the molecule is CC(=O)c1sccc1CC(=O)O.COC(=O)Cc1ccsc1.COC(=O)Cc1ccsc1C(C)=O.COC(=O)c1ccc2cc(Cl)sc2c1C.COC(=O)c1ccc2ccsc2c1C.Cc1c(C(=O)O)ccc2cc(Cl)sc12.Cc1oc(=O)cc2ccsc12.O=C(O)Cc1ccsc1. The second-order valence-electron chi connectivity index (χ2n) is 20.2. The molecular formula is C70H64Cl2O18S8. The number of ether oxygens (including phenoxy) is 4. The van der Waals surface area contributed by atoms with E-state index < -0.39 is 17.9 Å². The predicted molar refractivity (Wildman–Crippen MR) is 396 cm³/mol. The highest BCUT2D eigenvalue weighted by Crippen LogP contribution is 2.35. The summed E-state index contributed by atoms with van der Waals surface area (Å²) in [5.74, 6) is -3.01. The summed E-state index contributed by atoms with van der Waals surface area (Å²) in [6.45, 7) is 10.4. The summed E-state index contributed by atoms with van der Waals surface area (Å²) in [7, 11) is 5.52. The van der Waals surface area contributed by atoms with Gasteiger partial charge in [-0.15, -0.1) is 68.0 Å². The predicted octanol–water partition coefficient (Wildman–Crippen LogP) is 18.5. The molecule has 9 heterocycles. The normalized spacial score (nSPS) is 10.1. The first-order chi connectivity index (χ1) is 46.6. The Kier molecular flexibility index (Phi) is 32.5. The topological polar surface area (TPSA) is 281 Å². The average molecular weight is 1520 g/mol. The first kappa shape index (κ1) is 80.1. The summed E-state index contributed by atoms with van der Waals surface area (Å²) >= 11 is 23.7. The maximum atomic E-state index is 11.4. The van der Waals surface area contributed by atoms with Crippen LogP contribution >= 0.6 is 114 Å². The second kappa shape index (κ2) is 39.8. The lowest BCUT2D eigenvalue weighted by Crippen LogP contribution is -2.06. The van der Waals surface area contributed by atoms with Gasteiger partial charge >= 0.3 is 47.4 Å². The van der Waals surface area contributed by atoms with Crippen LogP contribution in [0.4, 0.5) is 0 Å². The van der Waals surface area contributed by atoms with E-state index in [0.717, 1.165) is 72.7 Å². The average Bonchev–Trinajstić information content (AvgIpc) is 1.40. The van der Waals surface area contributed by atoms with Crippen molar-refractivity contribution in [2.24, 2.45) is 0 Å². The summed E-state index contributed by atoms with van der Waals surface area (Å²) in [6.07, 6.45) is 0.636. The van der Waals surface area contributed by atoms with Gasteiger partial charge in [0.1, 0.15) is 5.76 Å². The van der Waals surface area contributed by atoms with Crippen LogP contribution in [0.5, 0.6) is 0 Å². The molecular weight excluding hydrogens is 1460 g/mol. The van der Waals surface area contributed by atoms with Gasteiger partial charge in [0.2, 0.25) is 0 Å². The zero-order chi connectivity index (χ0) is 72.3. The molecule has 514 valence electrons. The van der Waals surface area contributed by atoms with Crippen molar-refractivity contribution in [2.45, 2.75) is 67.2 Å². The highest BCUT2D eigenvalue weighted by atomic mass is 35.5. The number of hydrogen-bond acceptors (Lipinski definition) is 23. The summed E-state index contributed by atoms with van der Waals surface area (Å²) in [4.78, 5) is 110. The van der Waals surface area contributed by atoms with Crippen LogP contribution in [0.3, 0.4) is 0 Å². The number of thiophene rings is 8. The number of aryl methyl sites for hydroxylation is 4. The van der Waals surface area contributed by atoms with Crippen LogP contribution in [-0.4, -0.2) is 97.1 Å². The Morgan fingerprint density at radius 2 is 0.847 bits per heavy atom. The number of fused-ring (bicyclic) bond motifs is 4. The number of methoxy groups -OCH3 is 4. The molecule has 0 atom stereocenters. The number of Topliss-reactive ketones (excluding diaryl/α,β-unsaturated/α-hetero) is 2. The molecule has 0 bridgehead atoms. The van der Waals surface area contributed by atoms with Crippen molar-refractivity contribution in [1.29, 1.82) is 0 Å². The Labute approximate surface area is 604 Å². The summed E-state index contributed by atoms with van der Waals surface area (Å²) < 4.78 is 29.0. The summed E-state index contributed by atoms with van der Waals surface area (Å²) in [6, 6.07) is 27.2. The van der Waals surface area contributed by atoms with Crippen molar-refractivity contribution in [3.63, 3.8) is 0 Å². The molecule has 0 amide bonds. The van der Waals surface area contributed by atoms with Gasteiger partial charge in [0.05, 0.1) is 93.9 Å². The van der Waals surface area contributed by atoms with Gasteiger partial charge in [-0.1, -0.05) is 41.4 Å². The molecule has 98 heavy (non-hydrogen) atoms. The molecule has 0 aliphatic carbocycles. The molecule has 0 aliphatic rings. The zero-order valence-corrected chi connectivity index (χ0v) is 62.1. The quantitative estimate of drug-likeness (QED) is 0.0549. The number of rotatable bonds is 13. The van der Waals surface area contributed by atoms with Crippen LogP contribution in [0.25, 0.3) is 40.3 Å². The monoisotopic (exact) mass is 1520 g/mol. The van der Waals surface area contributed by atoms with E-state index >= 15 is 0 Å². The van der Waals surface area contributed by atoms with E-state index in [1.54, 1.807) is 88.9 Å². The minimum absolute atomic E-state index is 0.00565. The van der Waals surface area contributed by atoms with Gasteiger partial charge in [0.15, 0.2) is 11.6 Å². The van der Waals surface area contributed by atoms with Crippen molar-refractivity contribution in [2.75, 3.05) is 28.4 Å². The molecule has 12 aromatic rings. The molecule has 18 nitrogen and oxygen atoms in total. The lowest BCUT2D eigenvalue weighted by atomic mass is 10.1. The van der Waals surface area contributed by atoms with Gasteiger partial charge in [0.25, 0.3) is 0 Å². The maximum absolute atomic E-state index is 11.4. The van der Waals surface area contributed by atoms with Gasteiger partial charge in [-0.2, -0.15) is 22.7 Å². The van der Waals surface area contributed by atoms with E-state index in [9.17, 15) is 47.9 Å². The smallest absolute Gasteiger partial charge is 0.338 e. The Hall–Kier alpha value is -8.54. The first-order valence-electron chi connectivity index (χ1n) is 28.6. The Bertz CT molecular complexity index is 4770. The van der Waals surface area contributed by atoms with E-state index in [1.807, 2.05) is 101 Å². The Morgan fingerprint density at radius 3 is 1.30 bits per heavy atom. The second-order valence-corrected chi connectivity index (χ2v) is 28.8. The first-order valence-corrected chi connectivity index (χ1v) is 36.4. The molecule has 0 radical (unpaired) electrons. The van der Waals surface area contributed by atoms with E-state index in [2.05, 4.69) is 9.47 Å². The molecule has 9 aromatic heterocycles. The fourth-order valence-corrected chi connectivity index (χ4v) is 15.9. The molecule has 28 heteroatoms. The number of aromatic carboxylic acids is 1. The highest BCUT2D eigenvalue weighted by Gasteiger charge is 2.17.